The zero-order valence-corrected chi connectivity index (χ0v) is 10.9. The summed E-state index contributed by atoms with van der Waals surface area (Å²) in [5, 5.41) is 0. The van der Waals surface area contributed by atoms with Crippen molar-refractivity contribution in [2.24, 2.45) is 0 Å². The third-order valence-corrected chi connectivity index (χ3v) is 3.39. The number of alkyl halides is 1. The second-order valence-electron chi connectivity index (χ2n) is 3.76. The van der Waals surface area contributed by atoms with E-state index in [0.29, 0.717) is 6.54 Å². The molecule has 0 aromatic carbocycles. The van der Waals surface area contributed by atoms with Crippen LogP contribution in [0, 0.1) is 6.92 Å². The lowest BCUT2D eigenvalue weighted by Gasteiger charge is -2.25. The summed E-state index contributed by atoms with van der Waals surface area (Å²) in [7, 11) is 0. The van der Waals surface area contributed by atoms with Gasteiger partial charge in [-0.2, -0.15) is 0 Å². The first-order valence-corrected chi connectivity index (χ1v) is 6.30. The number of carbonyl (C=O) groups excluding carboxylic acids is 1. The molecule has 0 aliphatic carbocycles. The molecule has 0 fully saturated rings. The van der Waals surface area contributed by atoms with Crippen molar-refractivity contribution in [3.8, 4) is 0 Å². The van der Waals surface area contributed by atoms with Gasteiger partial charge in [0, 0.05) is 15.8 Å². The van der Waals surface area contributed by atoms with Gasteiger partial charge in [0.1, 0.15) is 5.88 Å². The van der Waals surface area contributed by atoms with Crippen molar-refractivity contribution in [2.75, 3.05) is 5.88 Å². The van der Waals surface area contributed by atoms with E-state index in [4.69, 9.17) is 11.6 Å². The number of hydrogen-bond donors (Lipinski definition) is 0. The van der Waals surface area contributed by atoms with Gasteiger partial charge in [0.2, 0.25) is 5.91 Å². The van der Waals surface area contributed by atoms with E-state index in [0.717, 1.165) is 0 Å². The zero-order chi connectivity index (χ0) is 11.4. The van der Waals surface area contributed by atoms with Gasteiger partial charge in [-0.25, -0.2) is 0 Å². The number of nitrogens with zero attached hydrogens (tertiary/aromatic N) is 1. The maximum absolute atomic E-state index is 11.6. The van der Waals surface area contributed by atoms with Gasteiger partial charge in [0.05, 0.1) is 6.54 Å². The van der Waals surface area contributed by atoms with Crippen molar-refractivity contribution in [3.05, 3.63) is 21.9 Å². The molecular weight excluding hydrogens is 230 g/mol. The molecule has 0 bridgehead atoms. The maximum Gasteiger partial charge on any atom is 0.238 e. The summed E-state index contributed by atoms with van der Waals surface area (Å²) in [5.41, 5.74) is 0. The molecular formula is C11H16ClNOS. The molecule has 1 heterocycles. The maximum atomic E-state index is 11.6. The largest absolute Gasteiger partial charge is 0.334 e. The molecule has 0 saturated carbocycles. The highest BCUT2D eigenvalue weighted by Crippen LogP contribution is 2.18. The molecule has 0 spiro atoms. The van der Waals surface area contributed by atoms with E-state index in [1.807, 2.05) is 13.8 Å². The van der Waals surface area contributed by atoms with Crippen LogP contribution in [-0.4, -0.2) is 22.7 Å². The topological polar surface area (TPSA) is 20.3 Å². The van der Waals surface area contributed by atoms with Crippen LogP contribution in [0.2, 0.25) is 0 Å². The Morgan fingerprint density at radius 1 is 1.53 bits per heavy atom. The Bertz CT molecular complexity index is 335. The minimum absolute atomic E-state index is 0.00211. The Labute approximate surface area is 99.9 Å². The molecule has 1 aromatic heterocycles. The quantitative estimate of drug-likeness (QED) is 0.747. The molecule has 0 atom stereocenters. The number of hydrogen-bond acceptors (Lipinski definition) is 2. The van der Waals surface area contributed by atoms with Gasteiger partial charge in [-0.3, -0.25) is 4.79 Å². The Hall–Kier alpha value is -0.540. The highest BCUT2D eigenvalue weighted by Gasteiger charge is 2.16. The monoisotopic (exact) mass is 245 g/mol. The fraction of sp³-hybridized carbons (Fsp3) is 0.545. The van der Waals surface area contributed by atoms with Crippen molar-refractivity contribution in [1.82, 2.24) is 4.90 Å². The summed E-state index contributed by atoms with van der Waals surface area (Å²) in [4.78, 5) is 15.8. The average molecular weight is 246 g/mol. The average Bonchev–Trinajstić information content (AvgIpc) is 2.59. The van der Waals surface area contributed by atoms with Gasteiger partial charge >= 0.3 is 0 Å². The molecule has 84 valence electrons. The third kappa shape index (κ3) is 3.50. The number of amides is 1. The van der Waals surface area contributed by atoms with Crippen molar-refractivity contribution >= 4 is 28.8 Å². The molecule has 4 heteroatoms. The second kappa shape index (κ2) is 5.52. The van der Waals surface area contributed by atoms with Crippen LogP contribution in [0.5, 0.6) is 0 Å². The van der Waals surface area contributed by atoms with Crippen LogP contribution in [0.15, 0.2) is 12.1 Å². The Morgan fingerprint density at radius 2 is 2.20 bits per heavy atom. The van der Waals surface area contributed by atoms with Crippen LogP contribution in [0.4, 0.5) is 0 Å². The minimum Gasteiger partial charge on any atom is -0.334 e. The first-order chi connectivity index (χ1) is 7.04. The molecule has 0 aliphatic heterocycles. The van der Waals surface area contributed by atoms with Crippen LogP contribution < -0.4 is 0 Å². The highest BCUT2D eigenvalue weighted by atomic mass is 35.5. The SMILES string of the molecule is Cc1ccc(CN(C(=O)CCl)C(C)C)s1. The minimum atomic E-state index is -0.00211. The molecule has 1 rings (SSSR count). The fourth-order valence-corrected chi connectivity index (χ4v) is 2.42. The molecule has 1 amide bonds. The van der Waals surface area contributed by atoms with Crippen LogP contribution in [0.1, 0.15) is 23.6 Å². The third-order valence-electron chi connectivity index (χ3n) is 2.18. The molecule has 0 saturated heterocycles. The number of rotatable bonds is 4. The summed E-state index contributed by atoms with van der Waals surface area (Å²) in [6, 6.07) is 4.33. The standard InChI is InChI=1S/C11H16ClNOS/c1-8(2)13(11(14)6-12)7-10-5-4-9(3)15-10/h4-5,8H,6-7H2,1-3H3. The molecule has 1 aromatic rings. The van der Waals surface area contributed by atoms with Crippen LogP contribution in [-0.2, 0) is 11.3 Å². The highest BCUT2D eigenvalue weighted by molar-refractivity contribution is 7.11. The Kier molecular flexibility index (Phi) is 4.61. The molecule has 0 N–H and O–H groups in total. The predicted molar refractivity (Wildman–Crippen MR) is 65.5 cm³/mol. The van der Waals surface area contributed by atoms with E-state index < -0.39 is 0 Å². The van der Waals surface area contributed by atoms with Crippen molar-refractivity contribution in [2.45, 2.75) is 33.4 Å². The Morgan fingerprint density at radius 3 is 2.60 bits per heavy atom. The van der Waals surface area contributed by atoms with E-state index in [1.165, 1.54) is 9.75 Å². The Balaban J connectivity index is 2.71. The lowest BCUT2D eigenvalue weighted by atomic mass is 10.3. The van der Waals surface area contributed by atoms with E-state index >= 15 is 0 Å². The molecule has 0 radical (unpaired) electrons. The van der Waals surface area contributed by atoms with Gasteiger partial charge < -0.3 is 4.90 Å². The van der Waals surface area contributed by atoms with Gasteiger partial charge in [-0.1, -0.05) is 0 Å². The number of thiophene rings is 1. The van der Waals surface area contributed by atoms with Gasteiger partial charge in [-0.15, -0.1) is 22.9 Å². The molecule has 0 aliphatic rings. The summed E-state index contributed by atoms with van der Waals surface area (Å²) in [5.74, 6) is 0.0560. The molecule has 2 nitrogen and oxygen atoms in total. The van der Waals surface area contributed by atoms with E-state index in [9.17, 15) is 4.79 Å². The predicted octanol–water partition coefficient (Wildman–Crippen LogP) is 3.03. The molecule has 0 unspecified atom stereocenters. The summed E-state index contributed by atoms with van der Waals surface area (Å²) < 4.78 is 0. The van der Waals surface area contributed by atoms with E-state index in [-0.39, 0.29) is 17.8 Å². The summed E-state index contributed by atoms with van der Waals surface area (Å²) in [6.45, 7) is 6.74. The summed E-state index contributed by atoms with van der Waals surface area (Å²) >= 11 is 7.30. The van der Waals surface area contributed by atoms with E-state index in [1.54, 1.807) is 16.2 Å². The smallest absolute Gasteiger partial charge is 0.238 e. The van der Waals surface area contributed by atoms with Crippen molar-refractivity contribution < 1.29 is 4.79 Å². The van der Waals surface area contributed by atoms with Gasteiger partial charge in [0.25, 0.3) is 0 Å². The normalized spacial score (nSPS) is 10.7. The lowest BCUT2D eigenvalue weighted by molar-refractivity contribution is -0.130. The second-order valence-corrected chi connectivity index (χ2v) is 5.40. The fourth-order valence-electron chi connectivity index (χ4n) is 1.37. The number of halogens is 1. The zero-order valence-electron chi connectivity index (χ0n) is 9.29. The van der Waals surface area contributed by atoms with Crippen LogP contribution in [0.25, 0.3) is 0 Å². The van der Waals surface area contributed by atoms with Gasteiger partial charge in [-0.05, 0) is 32.9 Å². The number of carbonyl (C=O) groups is 1. The van der Waals surface area contributed by atoms with Crippen LogP contribution in [0.3, 0.4) is 0 Å². The first kappa shape index (κ1) is 12.5. The van der Waals surface area contributed by atoms with Crippen LogP contribution >= 0.6 is 22.9 Å². The summed E-state index contributed by atoms with van der Waals surface area (Å²) in [6.07, 6.45) is 0. The molecule has 15 heavy (non-hydrogen) atoms. The number of aryl methyl sites for hydroxylation is 1. The van der Waals surface area contributed by atoms with Crippen molar-refractivity contribution in [1.29, 1.82) is 0 Å². The van der Waals surface area contributed by atoms with Crippen molar-refractivity contribution in [3.63, 3.8) is 0 Å². The first-order valence-electron chi connectivity index (χ1n) is 4.95. The van der Waals surface area contributed by atoms with Gasteiger partial charge in [0.15, 0.2) is 0 Å². The lowest BCUT2D eigenvalue weighted by Crippen LogP contribution is -2.36. The van der Waals surface area contributed by atoms with E-state index in [2.05, 4.69) is 19.1 Å².